The third-order valence-electron chi connectivity index (χ3n) is 2.49. The molecule has 0 aliphatic heterocycles. The van der Waals surface area contributed by atoms with Gasteiger partial charge in [0.1, 0.15) is 6.33 Å². The number of benzene rings is 1. The molecule has 82 valence electrons. The molecule has 0 unspecified atom stereocenters. The quantitative estimate of drug-likeness (QED) is 0.832. The molecule has 1 heterocycles. The van der Waals surface area contributed by atoms with Gasteiger partial charge < -0.3 is 5.32 Å². The van der Waals surface area contributed by atoms with Gasteiger partial charge in [0.05, 0.1) is 5.56 Å². The fourth-order valence-corrected chi connectivity index (χ4v) is 1.70. The van der Waals surface area contributed by atoms with E-state index in [4.69, 9.17) is 0 Å². The number of carbonyl (C=O) groups is 1. The first-order chi connectivity index (χ1) is 7.74. The van der Waals surface area contributed by atoms with Crippen molar-refractivity contribution in [3.63, 3.8) is 0 Å². The minimum atomic E-state index is -0.0782. The monoisotopic (exact) mass is 215 g/mol. The maximum absolute atomic E-state index is 12.1. The lowest BCUT2D eigenvalue weighted by atomic mass is 10.1. The van der Waals surface area contributed by atoms with Crippen LogP contribution in [0.15, 0.2) is 36.9 Å². The smallest absolute Gasteiger partial charge is 0.265 e. The first kappa shape index (κ1) is 10.4. The van der Waals surface area contributed by atoms with E-state index >= 15 is 0 Å². The highest BCUT2D eigenvalue weighted by atomic mass is 16.2. The van der Waals surface area contributed by atoms with Gasteiger partial charge in [-0.05, 0) is 18.6 Å². The molecule has 1 N–H and O–H groups in total. The number of imidazole rings is 1. The fourth-order valence-electron chi connectivity index (χ4n) is 1.70. The highest BCUT2D eigenvalue weighted by Crippen LogP contribution is 2.20. The van der Waals surface area contributed by atoms with E-state index < -0.39 is 0 Å². The lowest BCUT2D eigenvalue weighted by Crippen LogP contribution is -2.12. The van der Waals surface area contributed by atoms with Gasteiger partial charge >= 0.3 is 0 Å². The molecule has 16 heavy (non-hydrogen) atoms. The zero-order valence-electron chi connectivity index (χ0n) is 9.27. The van der Waals surface area contributed by atoms with Gasteiger partial charge in [0.2, 0.25) is 0 Å². The summed E-state index contributed by atoms with van der Waals surface area (Å²) in [6, 6.07) is 5.65. The average molecular weight is 215 g/mol. The van der Waals surface area contributed by atoms with Crippen LogP contribution < -0.4 is 5.32 Å². The molecule has 0 atom stereocenters. The molecule has 0 saturated heterocycles. The Labute approximate surface area is 93.9 Å². The van der Waals surface area contributed by atoms with Crippen LogP contribution >= 0.6 is 0 Å². The van der Waals surface area contributed by atoms with Gasteiger partial charge in [-0.1, -0.05) is 12.1 Å². The molecule has 0 spiro atoms. The largest absolute Gasteiger partial charge is 0.387 e. The van der Waals surface area contributed by atoms with Crippen molar-refractivity contribution in [2.24, 2.45) is 0 Å². The van der Waals surface area contributed by atoms with Crippen molar-refractivity contribution in [2.75, 3.05) is 12.4 Å². The van der Waals surface area contributed by atoms with Crippen molar-refractivity contribution in [1.82, 2.24) is 9.55 Å². The Kier molecular flexibility index (Phi) is 2.72. The van der Waals surface area contributed by atoms with Crippen molar-refractivity contribution in [3.8, 4) is 0 Å². The Morgan fingerprint density at radius 2 is 2.25 bits per heavy atom. The van der Waals surface area contributed by atoms with E-state index in [2.05, 4.69) is 10.3 Å². The molecular weight excluding hydrogens is 202 g/mol. The molecule has 0 aliphatic rings. The van der Waals surface area contributed by atoms with Crippen molar-refractivity contribution >= 4 is 11.6 Å². The Bertz CT molecular complexity index is 503. The number of hydrogen-bond acceptors (Lipinski definition) is 3. The van der Waals surface area contributed by atoms with Gasteiger partial charge in [0.25, 0.3) is 5.91 Å². The van der Waals surface area contributed by atoms with Crippen LogP contribution in [0.5, 0.6) is 0 Å². The van der Waals surface area contributed by atoms with E-state index in [1.165, 1.54) is 10.9 Å². The molecule has 1 aromatic carbocycles. The van der Waals surface area contributed by atoms with Gasteiger partial charge in [-0.2, -0.15) is 0 Å². The van der Waals surface area contributed by atoms with Crippen LogP contribution in [-0.4, -0.2) is 22.5 Å². The summed E-state index contributed by atoms with van der Waals surface area (Å²) in [5.41, 5.74) is 2.56. The number of para-hydroxylation sites is 1. The van der Waals surface area contributed by atoms with E-state index in [1.54, 1.807) is 18.5 Å². The summed E-state index contributed by atoms with van der Waals surface area (Å²) in [7, 11) is 1.81. The third kappa shape index (κ3) is 1.69. The minimum Gasteiger partial charge on any atom is -0.387 e. The van der Waals surface area contributed by atoms with Crippen LogP contribution in [0, 0.1) is 6.92 Å². The van der Waals surface area contributed by atoms with Crippen molar-refractivity contribution in [3.05, 3.63) is 48.0 Å². The van der Waals surface area contributed by atoms with Crippen LogP contribution in [0.25, 0.3) is 0 Å². The summed E-state index contributed by atoms with van der Waals surface area (Å²) in [4.78, 5) is 16.0. The lowest BCUT2D eigenvalue weighted by molar-refractivity contribution is 0.0960. The number of rotatable bonds is 2. The molecule has 0 aliphatic carbocycles. The average Bonchev–Trinajstić information content (AvgIpc) is 2.81. The third-order valence-corrected chi connectivity index (χ3v) is 2.49. The number of hydrogen-bond donors (Lipinski definition) is 1. The molecule has 0 radical (unpaired) electrons. The van der Waals surface area contributed by atoms with Crippen molar-refractivity contribution < 1.29 is 4.79 Å². The topological polar surface area (TPSA) is 46.9 Å². The molecule has 1 aromatic heterocycles. The second-order valence-corrected chi connectivity index (χ2v) is 3.52. The first-order valence-corrected chi connectivity index (χ1v) is 5.04. The molecule has 2 aromatic rings. The van der Waals surface area contributed by atoms with E-state index in [-0.39, 0.29) is 5.91 Å². The molecule has 2 rings (SSSR count). The molecule has 0 saturated carbocycles. The van der Waals surface area contributed by atoms with E-state index in [0.29, 0.717) is 5.56 Å². The molecule has 0 amide bonds. The van der Waals surface area contributed by atoms with Gasteiger partial charge in [-0.15, -0.1) is 0 Å². The first-order valence-electron chi connectivity index (χ1n) is 5.04. The standard InChI is InChI=1S/C12H13N3O/c1-9-4-3-5-10(11(9)13-2)12(16)15-7-6-14-8-15/h3-8,13H,1-2H3. The number of carbonyl (C=O) groups excluding carboxylic acids is 1. The lowest BCUT2D eigenvalue weighted by Gasteiger charge is -2.10. The number of nitrogens with one attached hydrogen (secondary N) is 1. The number of aromatic nitrogens is 2. The summed E-state index contributed by atoms with van der Waals surface area (Å²) >= 11 is 0. The van der Waals surface area contributed by atoms with Gasteiger partial charge in [0, 0.05) is 25.1 Å². The highest BCUT2D eigenvalue weighted by Gasteiger charge is 2.13. The Morgan fingerprint density at radius 3 is 2.88 bits per heavy atom. The van der Waals surface area contributed by atoms with Gasteiger partial charge in [-0.25, -0.2) is 4.98 Å². The Hall–Kier alpha value is -2.10. The van der Waals surface area contributed by atoms with Crippen LogP contribution in [0.3, 0.4) is 0 Å². The zero-order valence-corrected chi connectivity index (χ0v) is 9.27. The SMILES string of the molecule is CNc1c(C)cccc1C(=O)n1ccnc1. The highest BCUT2D eigenvalue weighted by molar-refractivity contribution is 6.01. The molecule has 0 fully saturated rings. The van der Waals surface area contributed by atoms with Crippen molar-refractivity contribution in [1.29, 1.82) is 0 Å². The van der Waals surface area contributed by atoms with Crippen molar-refractivity contribution in [2.45, 2.75) is 6.92 Å². The number of anilines is 1. The molecule has 4 heteroatoms. The maximum Gasteiger partial charge on any atom is 0.265 e. The molecule has 0 bridgehead atoms. The van der Waals surface area contributed by atoms with Crippen LogP contribution in [0.4, 0.5) is 5.69 Å². The normalized spacial score (nSPS) is 10.1. The zero-order chi connectivity index (χ0) is 11.5. The molecule has 4 nitrogen and oxygen atoms in total. The predicted molar refractivity (Wildman–Crippen MR) is 62.7 cm³/mol. The van der Waals surface area contributed by atoms with Gasteiger partial charge in [0.15, 0.2) is 0 Å². The fraction of sp³-hybridized carbons (Fsp3) is 0.167. The van der Waals surface area contributed by atoms with Gasteiger partial charge in [-0.3, -0.25) is 9.36 Å². The van der Waals surface area contributed by atoms with Crippen LogP contribution in [0.1, 0.15) is 15.9 Å². The molecular formula is C12H13N3O. The van der Waals surface area contributed by atoms with Crippen LogP contribution in [-0.2, 0) is 0 Å². The van der Waals surface area contributed by atoms with E-state index in [9.17, 15) is 4.79 Å². The summed E-state index contributed by atoms with van der Waals surface area (Å²) < 4.78 is 1.47. The summed E-state index contributed by atoms with van der Waals surface area (Å²) in [6.07, 6.45) is 4.74. The van der Waals surface area contributed by atoms with Crippen LogP contribution in [0.2, 0.25) is 0 Å². The predicted octanol–water partition coefficient (Wildman–Crippen LogP) is 1.92. The van der Waals surface area contributed by atoms with E-state index in [1.807, 2.05) is 26.1 Å². The Balaban J connectivity index is 2.48. The van der Waals surface area contributed by atoms with E-state index in [0.717, 1.165) is 11.3 Å². The number of nitrogens with zero attached hydrogens (tertiary/aromatic N) is 2. The number of aryl methyl sites for hydroxylation is 1. The second-order valence-electron chi connectivity index (χ2n) is 3.52. The summed E-state index contributed by atoms with van der Waals surface area (Å²) in [5, 5.41) is 3.05. The second kappa shape index (κ2) is 4.18. The maximum atomic E-state index is 12.1. The minimum absolute atomic E-state index is 0.0782. The summed E-state index contributed by atoms with van der Waals surface area (Å²) in [6.45, 7) is 1.97. The summed E-state index contributed by atoms with van der Waals surface area (Å²) in [5.74, 6) is -0.0782. The Morgan fingerprint density at radius 1 is 1.44 bits per heavy atom.